The van der Waals surface area contributed by atoms with Crippen molar-refractivity contribution in [2.75, 3.05) is 0 Å². The van der Waals surface area contributed by atoms with Gasteiger partial charge in [0, 0.05) is 31.3 Å². The lowest BCUT2D eigenvalue weighted by Gasteiger charge is -2.18. The number of nitrogens with one attached hydrogen (secondary N) is 1. The molecule has 1 amide bonds. The van der Waals surface area contributed by atoms with Crippen LogP contribution in [-0.2, 0) is 17.6 Å². The average Bonchev–Trinajstić information content (AvgIpc) is 3.27. The van der Waals surface area contributed by atoms with Crippen molar-refractivity contribution in [1.82, 2.24) is 15.5 Å². The van der Waals surface area contributed by atoms with Crippen LogP contribution in [0.3, 0.4) is 0 Å². The zero-order chi connectivity index (χ0) is 15.9. The number of rotatable bonds is 7. The molecule has 0 spiro atoms. The standard InChI is InChI=1S/C17H17N3O2S/c21-17(4-3-15-5-8-19-22-15)20-16(10-13-6-9-23-12-13)14-2-1-7-18-11-14/h1-2,5-9,11-12,16H,3-4,10H2,(H,20,21)/t16-/m1/s1. The minimum absolute atomic E-state index is 0.00881. The Labute approximate surface area is 138 Å². The van der Waals surface area contributed by atoms with E-state index < -0.39 is 0 Å². The van der Waals surface area contributed by atoms with Crippen molar-refractivity contribution in [3.05, 3.63) is 70.5 Å². The summed E-state index contributed by atoms with van der Waals surface area (Å²) in [6, 6.07) is 7.64. The van der Waals surface area contributed by atoms with Crippen molar-refractivity contribution in [3.8, 4) is 0 Å². The number of amides is 1. The molecule has 118 valence electrons. The van der Waals surface area contributed by atoms with Gasteiger partial charge in [0.1, 0.15) is 5.76 Å². The van der Waals surface area contributed by atoms with Crippen LogP contribution in [0.2, 0.25) is 0 Å². The van der Waals surface area contributed by atoms with Crippen LogP contribution in [0.1, 0.15) is 29.3 Å². The Morgan fingerprint density at radius 3 is 2.96 bits per heavy atom. The molecule has 0 aliphatic rings. The first kappa shape index (κ1) is 15.4. The van der Waals surface area contributed by atoms with Crippen molar-refractivity contribution in [2.45, 2.75) is 25.3 Å². The van der Waals surface area contributed by atoms with Crippen LogP contribution >= 0.6 is 11.3 Å². The Morgan fingerprint density at radius 2 is 2.26 bits per heavy atom. The molecule has 0 saturated heterocycles. The van der Waals surface area contributed by atoms with Crippen LogP contribution in [-0.4, -0.2) is 16.0 Å². The van der Waals surface area contributed by atoms with Gasteiger partial charge in [-0.15, -0.1) is 0 Å². The van der Waals surface area contributed by atoms with Gasteiger partial charge in [-0.05, 0) is 40.4 Å². The van der Waals surface area contributed by atoms with E-state index in [-0.39, 0.29) is 11.9 Å². The molecular formula is C17H17N3O2S. The van der Waals surface area contributed by atoms with Gasteiger partial charge < -0.3 is 9.84 Å². The maximum absolute atomic E-state index is 12.3. The summed E-state index contributed by atoms with van der Waals surface area (Å²) in [7, 11) is 0. The smallest absolute Gasteiger partial charge is 0.220 e. The number of aryl methyl sites for hydroxylation is 1. The van der Waals surface area contributed by atoms with Gasteiger partial charge in [-0.25, -0.2) is 0 Å². The molecule has 23 heavy (non-hydrogen) atoms. The molecule has 0 aromatic carbocycles. The number of carbonyl (C=O) groups excluding carboxylic acids is 1. The second-order valence-corrected chi connectivity index (χ2v) is 6.00. The van der Waals surface area contributed by atoms with Gasteiger partial charge in [0.2, 0.25) is 5.91 Å². The minimum atomic E-state index is -0.0828. The van der Waals surface area contributed by atoms with Crippen molar-refractivity contribution < 1.29 is 9.32 Å². The quantitative estimate of drug-likeness (QED) is 0.724. The maximum atomic E-state index is 12.3. The lowest BCUT2D eigenvalue weighted by Crippen LogP contribution is -2.30. The summed E-state index contributed by atoms with van der Waals surface area (Å²) in [5, 5.41) is 10.9. The van der Waals surface area contributed by atoms with Gasteiger partial charge in [0.25, 0.3) is 0 Å². The van der Waals surface area contributed by atoms with Gasteiger partial charge in [-0.2, -0.15) is 11.3 Å². The fourth-order valence-electron chi connectivity index (χ4n) is 2.35. The van der Waals surface area contributed by atoms with E-state index in [2.05, 4.69) is 26.9 Å². The monoisotopic (exact) mass is 327 g/mol. The molecule has 3 heterocycles. The highest BCUT2D eigenvalue weighted by molar-refractivity contribution is 7.07. The molecular weight excluding hydrogens is 310 g/mol. The molecule has 0 aliphatic carbocycles. The highest BCUT2D eigenvalue weighted by atomic mass is 32.1. The zero-order valence-electron chi connectivity index (χ0n) is 12.5. The molecule has 0 fully saturated rings. The van der Waals surface area contributed by atoms with Crippen LogP contribution in [0.25, 0.3) is 0 Å². The van der Waals surface area contributed by atoms with Gasteiger partial charge in [-0.1, -0.05) is 11.2 Å². The Morgan fingerprint density at radius 1 is 1.30 bits per heavy atom. The van der Waals surface area contributed by atoms with Crippen LogP contribution in [0.5, 0.6) is 0 Å². The second-order valence-electron chi connectivity index (χ2n) is 5.22. The van der Waals surface area contributed by atoms with Crippen LogP contribution < -0.4 is 5.32 Å². The summed E-state index contributed by atoms with van der Waals surface area (Å²) >= 11 is 1.66. The van der Waals surface area contributed by atoms with Gasteiger partial charge >= 0.3 is 0 Å². The zero-order valence-corrected chi connectivity index (χ0v) is 13.3. The third kappa shape index (κ3) is 4.50. The number of hydrogen-bond acceptors (Lipinski definition) is 5. The van der Waals surface area contributed by atoms with E-state index in [0.717, 1.165) is 17.7 Å². The van der Waals surface area contributed by atoms with E-state index in [1.807, 2.05) is 17.5 Å². The molecule has 0 radical (unpaired) electrons. The number of aromatic nitrogens is 2. The van der Waals surface area contributed by atoms with Gasteiger partial charge in [0.05, 0.1) is 12.2 Å². The Kier molecular flexibility index (Phi) is 5.16. The van der Waals surface area contributed by atoms with E-state index in [0.29, 0.717) is 12.8 Å². The predicted molar refractivity (Wildman–Crippen MR) is 88.0 cm³/mol. The molecule has 6 heteroatoms. The fraction of sp³-hybridized carbons (Fsp3) is 0.235. The van der Waals surface area contributed by atoms with Gasteiger partial charge in [-0.3, -0.25) is 9.78 Å². The van der Waals surface area contributed by atoms with Crippen molar-refractivity contribution >= 4 is 17.2 Å². The number of nitrogens with zero attached hydrogens (tertiary/aromatic N) is 2. The predicted octanol–water partition coefficient (Wildman–Crippen LogP) is 3.16. The molecule has 0 unspecified atom stereocenters. The molecule has 3 aromatic rings. The first-order chi connectivity index (χ1) is 11.3. The van der Waals surface area contributed by atoms with Crippen molar-refractivity contribution in [2.24, 2.45) is 0 Å². The summed E-state index contributed by atoms with van der Waals surface area (Å²) in [6.07, 6.45) is 6.79. The molecule has 0 saturated carbocycles. The fourth-order valence-corrected chi connectivity index (χ4v) is 3.03. The molecule has 3 aromatic heterocycles. The maximum Gasteiger partial charge on any atom is 0.220 e. The average molecular weight is 327 g/mol. The van der Waals surface area contributed by atoms with Crippen LogP contribution in [0, 0.1) is 0 Å². The van der Waals surface area contributed by atoms with Crippen LogP contribution in [0.15, 0.2) is 58.1 Å². The Hall–Kier alpha value is -2.47. The van der Waals surface area contributed by atoms with E-state index >= 15 is 0 Å². The first-order valence-electron chi connectivity index (χ1n) is 7.41. The van der Waals surface area contributed by atoms with Crippen molar-refractivity contribution in [1.29, 1.82) is 0 Å². The lowest BCUT2D eigenvalue weighted by molar-refractivity contribution is -0.121. The lowest BCUT2D eigenvalue weighted by atomic mass is 10.0. The topological polar surface area (TPSA) is 68.0 Å². The van der Waals surface area contributed by atoms with E-state index in [1.165, 1.54) is 5.56 Å². The van der Waals surface area contributed by atoms with Crippen LogP contribution in [0.4, 0.5) is 0 Å². The van der Waals surface area contributed by atoms with Gasteiger partial charge in [0.15, 0.2) is 0 Å². The summed E-state index contributed by atoms with van der Waals surface area (Å²) in [6.45, 7) is 0. The molecule has 0 aliphatic heterocycles. The van der Waals surface area contributed by atoms with E-state index in [1.54, 1.807) is 36.0 Å². The third-order valence-corrected chi connectivity index (χ3v) is 4.26. The largest absolute Gasteiger partial charge is 0.361 e. The minimum Gasteiger partial charge on any atom is -0.361 e. The number of hydrogen-bond donors (Lipinski definition) is 1. The molecule has 5 nitrogen and oxygen atoms in total. The summed E-state index contributed by atoms with van der Waals surface area (Å²) < 4.78 is 5.02. The first-order valence-corrected chi connectivity index (χ1v) is 8.35. The Bertz CT molecular complexity index is 712. The SMILES string of the molecule is O=C(CCc1ccno1)N[C@H](Cc1ccsc1)c1cccnc1. The molecule has 1 atom stereocenters. The third-order valence-electron chi connectivity index (χ3n) is 3.53. The normalized spacial score (nSPS) is 12.0. The summed E-state index contributed by atoms with van der Waals surface area (Å²) in [4.78, 5) is 16.4. The molecule has 3 rings (SSSR count). The van der Waals surface area contributed by atoms with Crippen molar-refractivity contribution in [3.63, 3.8) is 0 Å². The van der Waals surface area contributed by atoms with E-state index in [9.17, 15) is 4.79 Å². The summed E-state index contributed by atoms with van der Waals surface area (Å²) in [5.74, 6) is 0.710. The Balaban J connectivity index is 1.64. The highest BCUT2D eigenvalue weighted by Gasteiger charge is 2.16. The van der Waals surface area contributed by atoms with E-state index in [4.69, 9.17) is 4.52 Å². The molecule has 0 bridgehead atoms. The number of carbonyl (C=O) groups is 1. The summed E-state index contributed by atoms with van der Waals surface area (Å²) in [5.41, 5.74) is 2.21. The number of pyridine rings is 1. The highest BCUT2D eigenvalue weighted by Crippen LogP contribution is 2.19. The second kappa shape index (κ2) is 7.69. The molecule has 1 N–H and O–H groups in total. The number of thiophene rings is 1.